The van der Waals surface area contributed by atoms with Crippen LogP contribution in [-0.2, 0) is 9.47 Å². The minimum Gasteiger partial charge on any atom is -0.461 e. The number of nitrogens with one attached hydrogen (secondary N) is 2. The molecule has 10 heteroatoms. The minimum atomic E-state index is -0.462. The third-order valence-corrected chi connectivity index (χ3v) is 5.06. The van der Waals surface area contributed by atoms with Crippen molar-refractivity contribution in [3.05, 3.63) is 69.0 Å². The predicted octanol–water partition coefficient (Wildman–Crippen LogP) is 4.80. The van der Waals surface area contributed by atoms with Gasteiger partial charge >= 0.3 is 11.9 Å². The highest BCUT2D eigenvalue weighted by atomic mass is 16.6. The van der Waals surface area contributed by atoms with Gasteiger partial charge in [0.15, 0.2) is 0 Å². The number of esters is 2. The quantitative estimate of drug-likeness (QED) is 0.165. The van der Waals surface area contributed by atoms with Gasteiger partial charge in [0, 0.05) is 39.6 Å². The number of nitrogens with two attached hydrogens (primary N) is 1. The smallest absolute Gasteiger partial charge is 0.354 e. The van der Waals surface area contributed by atoms with Gasteiger partial charge in [0.05, 0.1) is 18.1 Å². The Balaban J connectivity index is 0.000000192. The number of aromatic amines is 2. The number of hydrogen-bond acceptors (Lipinski definition) is 7. The molecule has 0 aliphatic rings. The van der Waals surface area contributed by atoms with Gasteiger partial charge in [0.2, 0.25) is 0 Å². The molecule has 0 atom stereocenters. The topological polar surface area (TPSA) is 153 Å². The number of aromatic nitrogens is 2. The number of carbonyl (C=O) groups excluding carboxylic acids is 2. The third-order valence-electron chi connectivity index (χ3n) is 5.06. The number of rotatable bonds is 5. The summed E-state index contributed by atoms with van der Waals surface area (Å²) in [4.78, 5) is 39.3. The van der Waals surface area contributed by atoms with Crippen molar-refractivity contribution in [1.82, 2.24) is 9.97 Å². The summed E-state index contributed by atoms with van der Waals surface area (Å²) in [7, 11) is 0. The number of aryl methyl sites for hydroxylation is 2. The van der Waals surface area contributed by atoms with E-state index < -0.39 is 10.9 Å². The Bertz CT molecular complexity index is 1390. The van der Waals surface area contributed by atoms with Crippen molar-refractivity contribution in [2.45, 2.75) is 27.7 Å². The number of ether oxygens (including phenoxy) is 2. The fourth-order valence-electron chi connectivity index (χ4n) is 3.60. The number of H-pyrrole nitrogens is 2. The molecule has 0 saturated carbocycles. The molecule has 2 aromatic heterocycles. The molecule has 0 bridgehead atoms. The summed E-state index contributed by atoms with van der Waals surface area (Å²) >= 11 is 0. The molecule has 4 N–H and O–H groups in total. The van der Waals surface area contributed by atoms with Crippen LogP contribution in [0.25, 0.3) is 21.8 Å². The first-order valence-corrected chi connectivity index (χ1v) is 10.6. The van der Waals surface area contributed by atoms with Crippen LogP contribution in [0.15, 0.2) is 36.4 Å². The molecule has 2 heterocycles. The predicted molar refractivity (Wildman–Crippen MR) is 129 cm³/mol. The fraction of sp³-hybridized carbons (Fsp3) is 0.250. The molecule has 0 aliphatic carbocycles. The summed E-state index contributed by atoms with van der Waals surface area (Å²) in [6, 6.07) is 9.93. The SMILES string of the molecule is CCOC(=O)c1cc2cc(N)cc(C)c2[nH]1.CCOC(=O)c1cc2cc([N+](=O)[O-])cc(C)c2[nH]1. The summed E-state index contributed by atoms with van der Waals surface area (Å²) < 4.78 is 9.80. The molecule has 0 unspecified atom stereocenters. The van der Waals surface area contributed by atoms with Gasteiger partial charge < -0.3 is 25.2 Å². The molecule has 10 nitrogen and oxygen atoms in total. The molecule has 0 amide bonds. The highest BCUT2D eigenvalue weighted by molar-refractivity contribution is 5.97. The maximum atomic E-state index is 11.6. The lowest BCUT2D eigenvalue weighted by molar-refractivity contribution is -0.384. The summed E-state index contributed by atoms with van der Waals surface area (Å²) in [5, 5.41) is 12.3. The molecule has 4 rings (SSSR count). The van der Waals surface area contributed by atoms with E-state index in [1.807, 2.05) is 19.1 Å². The van der Waals surface area contributed by atoms with Crippen molar-refractivity contribution in [1.29, 1.82) is 0 Å². The molecule has 0 spiro atoms. The second kappa shape index (κ2) is 10.1. The van der Waals surface area contributed by atoms with Crippen LogP contribution in [0.4, 0.5) is 11.4 Å². The third kappa shape index (κ3) is 5.17. The number of fused-ring (bicyclic) bond motifs is 2. The Morgan fingerprint density at radius 1 is 0.853 bits per heavy atom. The number of nitro groups is 1. The molecule has 0 aliphatic heterocycles. The number of carbonyl (C=O) groups is 2. The summed E-state index contributed by atoms with van der Waals surface area (Å²) in [6.45, 7) is 7.86. The molecule has 0 saturated heterocycles. The summed E-state index contributed by atoms with van der Waals surface area (Å²) in [5.74, 6) is -0.799. The minimum absolute atomic E-state index is 0.00871. The Kier molecular flexibility index (Phi) is 7.20. The van der Waals surface area contributed by atoms with Crippen molar-refractivity contribution in [2.24, 2.45) is 0 Å². The van der Waals surface area contributed by atoms with E-state index in [1.165, 1.54) is 12.1 Å². The first-order chi connectivity index (χ1) is 16.1. The van der Waals surface area contributed by atoms with Crippen LogP contribution < -0.4 is 5.73 Å². The van der Waals surface area contributed by atoms with E-state index in [1.54, 1.807) is 32.9 Å². The molecular formula is C24H26N4O6. The first kappa shape index (κ1) is 24.3. The van der Waals surface area contributed by atoms with Crippen molar-refractivity contribution < 1.29 is 24.0 Å². The molecule has 2 aromatic carbocycles. The average Bonchev–Trinajstić information content (AvgIpc) is 3.39. The van der Waals surface area contributed by atoms with Crippen LogP contribution in [0.3, 0.4) is 0 Å². The van der Waals surface area contributed by atoms with Crippen molar-refractivity contribution in [2.75, 3.05) is 18.9 Å². The number of nitro benzene ring substituents is 1. The van der Waals surface area contributed by atoms with Crippen molar-refractivity contribution in [3.8, 4) is 0 Å². The monoisotopic (exact) mass is 466 g/mol. The lowest BCUT2D eigenvalue weighted by Crippen LogP contribution is -2.04. The highest BCUT2D eigenvalue weighted by Gasteiger charge is 2.15. The zero-order valence-corrected chi connectivity index (χ0v) is 19.4. The van der Waals surface area contributed by atoms with Gasteiger partial charge in [-0.05, 0) is 63.1 Å². The van der Waals surface area contributed by atoms with Gasteiger partial charge in [-0.1, -0.05) is 0 Å². The Labute approximate surface area is 195 Å². The van der Waals surface area contributed by atoms with Crippen LogP contribution in [0.1, 0.15) is 46.0 Å². The second-order valence-corrected chi connectivity index (χ2v) is 7.59. The Hall–Kier alpha value is -4.34. The summed E-state index contributed by atoms with van der Waals surface area (Å²) in [5.41, 5.74) is 10.6. The fourth-order valence-corrected chi connectivity index (χ4v) is 3.60. The van der Waals surface area contributed by atoms with Gasteiger partial charge in [0.25, 0.3) is 5.69 Å². The highest BCUT2D eigenvalue weighted by Crippen LogP contribution is 2.26. The summed E-state index contributed by atoms with van der Waals surface area (Å²) in [6.07, 6.45) is 0. The van der Waals surface area contributed by atoms with Crippen molar-refractivity contribution >= 4 is 45.1 Å². The molecule has 0 radical (unpaired) electrons. The number of benzene rings is 2. The normalized spacial score (nSPS) is 10.6. The number of nitrogen functional groups attached to an aromatic ring is 1. The van der Waals surface area contributed by atoms with Crippen LogP contribution in [0.5, 0.6) is 0 Å². The second-order valence-electron chi connectivity index (χ2n) is 7.59. The van der Waals surface area contributed by atoms with E-state index in [-0.39, 0.29) is 18.3 Å². The maximum Gasteiger partial charge on any atom is 0.354 e. The number of anilines is 1. The van der Waals surface area contributed by atoms with E-state index >= 15 is 0 Å². The molecule has 178 valence electrons. The Morgan fingerprint density at radius 3 is 1.79 bits per heavy atom. The first-order valence-electron chi connectivity index (χ1n) is 10.6. The van der Waals surface area contributed by atoms with Crippen LogP contribution in [-0.4, -0.2) is 40.0 Å². The van der Waals surface area contributed by atoms with Crippen LogP contribution in [0, 0.1) is 24.0 Å². The van der Waals surface area contributed by atoms with Gasteiger partial charge in [-0.2, -0.15) is 0 Å². The number of nitrogens with zero attached hydrogens (tertiary/aromatic N) is 1. The van der Waals surface area contributed by atoms with E-state index in [0.29, 0.717) is 34.6 Å². The zero-order chi connectivity index (χ0) is 25.0. The van der Waals surface area contributed by atoms with Gasteiger partial charge in [-0.15, -0.1) is 0 Å². The van der Waals surface area contributed by atoms with Crippen molar-refractivity contribution in [3.63, 3.8) is 0 Å². The van der Waals surface area contributed by atoms with E-state index in [2.05, 4.69) is 9.97 Å². The van der Waals surface area contributed by atoms with Gasteiger partial charge in [-0.25, -0.2) is 9.59 Å². The van der Waals surface area contributed by atoms with Crippen LogP contribution in [0.2, 0.25) is 0 Å². The molecule has 34 heavy (non-hydrogen) atoms. The average molecular weight is 466 g/mol. The Morgan fingerprint density at radius 2 is 1.32 bits per heavy atom. The number of hydrogen-bond donors (Lipinski definition) is 3. The molecular weight excluding hydrogens is 440 g/mol. The van der Waals surface area contributed by atoms with Crippen LogP contribution >= 0.6 is 0 Å². The standard InChI is InChI=1S/C12H12N2O4.C12H14N2O2/c1-3-18-12(15)10-6-8-5-9(14(16)17)4-7(2)11(8)13-10;1-3-16-12(15)10-6-8-5-9(13)4-7(2)11(8)14-10/h4-6,13H,3H2,1-2H3;4-6,14H,3,13H2,1-2H3. The molecule has 4 aromatic rings. The van der Waals surface area contributed by atoms with E-state index in [0.717, 1.165) is 22.0 Å². The molecule has 0 fully saturated rings. The van der Waals surface area contributed by atoms with E-state index in [9.17, 15) is 19.7 Å². The van der Waals surface area contributed by atoms with Gasteiger partial charge in [-0.3, -0.25) is 10.1 Å². The number of non-ortho nitro benzene ring substituents is 1. The van der Waals surface area contributed by atoms with E-state index in [4.69, 9.17) is 15.2 Å². The lowest BCUT2D eigenvalue weighted by atomic mass is 10.1. The van der Waals surface area contributed by atoms with Gasteiger partial charge in [0.1, 0.15) is 11.4 Å². The maximum absolute atomic E-state index is 11.6. The lowest BCUT2D eigenvalue weighted by Gasteiger charge is -1.98. The largest absolute Gasteiger partial charge is 0.461 e. The zero-order valence-electron chi connectivity index (χ0n) is 19.4.